The number of allylic oxidation sites excluding steroid dienone is 4. The SMILES string of the molecule is [N-]=[N+]=C1/C=C(/C2=C/CCCCCCC2)CCCCCC1. The van der Waals surface area contributed by atoms with Crippen LogP contribution in [0.25, 0.3) is 5.53 Å². The van der Waals surface area contributed by atoms with Crippen LogP contribution in [-0.2, 0) is 0 Å². The highest BCUT2D eigenvalue weighted by Gasteiger charge is 2.13. The summed E-state index contributed by atoms with van der Waals surface area (Å²) in [6.07, 6.45) is 20.9. The summed E-state index contributed by atoms with van der Waals surface area (Å²) in [5, 5.41) is 0. The fourth-order valence-corrected chi connectivity index (χ4v) is 3.31. The quantitative estimate of drug-likeness (QED) is 0.439. The van der Waals surface area contributed by atoms with Crippen molar-refractivity contribution in [2.75, 3.05) is 0 Å². The van der Waals surface area contributed by atoms with Gasteiger partial charge in [0.25, 0.3) is 5.71 Å². The number of hydrogen-bond acceptors (Lipinski definition) is 0. The Hall–Kier alpha value is -1.14. The average molecular weight is 272 g/mol. The van der Waals surface area contributed by atoms with Gasteiger partial charge in [0, 0.05) is 12.5 Å². The Morgan fingerprint density at radius 3 is 2.05 bits per heavy atom. The van der Waals surface area contributed by atoms with Gasteiger partial charge in [-0.3, -0.25) is 0 Å². The first-order valence-electron chi connectivity index (χ1n) is 8.51. The first-order chi connectivity index (χ1) is 9.90. The third kappa shape index (κ3) is 5.09. The molecular formula is C18H28N2. The molecule has 0 fully saturated rings. The third-order valence-electron chi connectivity index (χ3n) is 4.55. The van der Waals surface area contributed by atoms with Crippen LogP contribution in [0.3, 0.4) is 0 Å². The zero-order valence-electron chi connectivity index (χ0n) is 12.7. The maximum absolute atomic E-state index is 9.19. The minimum absolute atomic E-state index is 0.877. The Bertz CT molecular complexity index is 411. The van der Waals surface area contributed by atoms with Gasteiger partial charge in [-0.25, -0.2) is 0 Å². The van der Waals surface area contributed by atoms with E-state index in [9.17, 15) is 5.53 Å². The van der Waals surface area contributed by atoms with E-state index in [0.717, 1.165) is 25.0 Å². The first-order valence-corrected chi connectivity index (χ1v) is 8.51. The molecule has 0 saturated carbocycles. The van der Waals surface area contributed by atoms with Crippen LogP contribution in [0.4, 0.5) is 0 Å². The van der Waals surface area contributed by atoms with Gasteiger partial charge in [-0.1, -0.05) is 38.2 Å². The van der Waals surface area contributed by atoms with Crippen LogP contribution in [0, 0.1) is 0 Å². The lowest BCUT2D eigenvalue weighted by Gasteiger charge is -2.11. The highest BCUT2D eigenvalue weighted by atomic mass is 14.8. The van der Waals surface area contributed by atoms with Crippen molar-refractivity contribution in [2.24, 2.45) is 0 Å². The van der Waals surface area contributed by atoms with Gasteiger partial charge in [-0.2, -0.15) is 4.79 Å². The molecule has 2 aliphatic carbocycles. The number of hydrogen-bond donors (Lipinski definition) is 0. The molecule has 0 aliphatic heterocycles. The van der Waals surface area contributed by atoms with Crippen molar-refractivity contribution in [2.45, 2.75) is 83.5 Å². The molecule has 0 atom stereocenters. The van der Waals surface area contributed by atoms with Crippen LogP contribution < -0.4 is 0 Å². The van der Waals surface area contributed by atoms with Gasteiger partial charge in [0.15, 0.2) is 0 Å². The summed E-state index contributed by atoms with van der Waals surface area (Å²) >= 11 is 0. The summed E-state index contributed by atoms with van der Waals surface area (Å²) in [5.74, 6) is 0. The van der Waals surface area contributed by atoms with Gasteiger partial charge >= 0.3 is 0 Å². The van der Waals surface area contributed by atoms with Gasteiger partial charge in [-0.05, 0) is 56.1 Å². The number of nitrogens with zero attached hydrogens (tertiary/aromatic N) is 2. The van der Waals surface area contributed by atoms with Crippen LogP contribution in [-0.4, -0.2) is 10.5 Å². The lowest BCUT2D eigenvalue weighted by atomic mass is 9.94. The average Bonchev–Trinajstić information content (AvgIpc) is 2.68. The first kappa shape index (κ1) is 15.3. The predicted molar refractivity (Wildman–Crippen MR) is 84.8 cm³/mol. The lowest BCUT2D eigenvalue weighted by Crippen LogP contribution is -1.99. The minimum atomic E-state index is 0.877. The van der Waals surface area contributed by atoms with Crippen molar-refractivity contribution in [1.29, 1.82) is 0 Å². The Labute approximate surface area is 123 Å². The molecule has 0 aromatic carbocycles. The fraction of sp³-hybridized carbons (Fsp3) is 0.722. The van der Waals surface area contributed by atoms with E-state index < -0.39 is 0 Å². The second-order valence-corrected chi connectivity index (χ2v) is 6.21. The van der Waals surface area contributed by atoms with Crippen molar-refractivity contribution in [3.63, 3.8) is 0 Å². The second kappa shape index (κ2) is 8.92. The van der Waals surface area contributed by atoms with Gasteiger partial charge in [-0.15, -0.1) is 0 Å². The zero-order valence-corrected chi connectivity index (χ0v) is 12.7. The fourth-order valence-electron chi connectivity index (χ4n) is 3.31. The highest BCUT2D eigenvalue weighted by molar-refractivity contribution is 5.91. The minimum Gasteiger partial charge on any atom is -0.361 e. The van der Waals surface area contributed by atoms with Gasteiger partial charge in [0.1, 0.15) is 0 Å². The zero-order chi connectivity index (χ0) is 14.0. The molecule has 0 aromatic rings. The van der Waals surface area contributed by atoms with E-state index in [-0.39, 0.29) is 0 Å². The monoisotopic (exact) mass is 272 g/mol. The maximum Gasteiger partial charge on any atom is 0.292 e. The van der Waals surface area contributed by atoms with E-state index in [2.05, 4.69) is 16.9 Å². The summed E-state index contributed by atoms with van der Waals surface area (Å²) in [4.78, 5) is 3.51. The summed E-state index contributed by atoms with van der Waals surface area (Å²) in [5.41, 5.74) is 13.0. The van der Waals surface area contributed by atoms with E-state index in [1.165, 1.54) is 75.4 Å². The molecule has 110 valence electrons. The van der Waals surface area contributed by atoms with Crippen LogP contribution in [0.5, 0.6) is 0 Å². The summed E-state index contributed by atoms with van der Waals surface area (Å²) in [6.45, 7) is 0. The largest absolute Gasteiger partial charge is 0.361 e. The van der Waals surface area contributed by atoms with Crippen molar-refractivity contribution >= 4 is 5.71 Å². The Morgan fingerprint density at radius 2 is 1.30 bits per heavy atom. The van der Waals surface area contributed by atoms with Gasteiger partial charge in [0.05, 0.1) is 0 Å². The van der Waals surface area contributed by atoms with Crippen molar-refractivity contribution in [1.82, 2.24) is 0 Å². The molecule has 0 bridgehead atoms. The molecule has 0 amide bonds. The number of rotatable bonds is 1. The molecule has 2 nitrogen and oxygen atoms in total. The summed E-state index contributed by atoms with van der Waals surface area (Å²) in [7, 11) is 0. The van der Waals surface area contributed by atoms with E-state index in [0.29, 0.717) is 0 Å². The van der Waals surface area contributed by atoms with E-state index in [4.69, 9.17) is 0 Å². The molecule has 0 unspecified atom stereocenters. The lowest BCUT2D eigenvalue weighted by molar-refractivity contribution is -0.00645. The topological polar surface area (TPSA) is 36.4 Å². The molecule has 0 heterocycles. The summed E-state index contributed by atoms with van der Waals surface area (Å²) in [6, 6.07) is 0. The van der Waals surface area contributed by atoms with Crippen molar-refractivity contribution < 1.29 is 4.79 Å². The molecule has 20 heavy (non-hydrogen) atoms. The maximum atomic E-state index is 9.19. The van der Waals surface area contributed by atoms with Crippen molar-refractivity contribution in [3.8, 4) is 0 Å². The van der Waals surface area contributed by atoms with Crippen LogP contribution in [0.2, 0.25) is 0 Å². The van der Waals surface area contributed by atoms with Crippen LogP contribution in [0.15, 0.2) is 23.3 Å². The van der Waals surface area contributed by atoms with Crippen LogP contribution in [0.1, 0.15) is 83.5 Å². The molecule has 0 spiro atoms. The predicted octanol–water partition coefficient (Wildman–Crippen LogP) is 5.61. The molecule has 0 aromatic heterocycles. The normalized spacial score (nSPS) is 28.1. The van der Waals surface area contributed by atoms with E-state index in [1.807, 2.05) is 0 Å². The molecule has 0 radical (unpaired) electrons. The highest BCUT2D eigenvalue weighted by Crippen LogP contribution is 2.27. The Morgan fingerprint density at radius 1 is 0.700 bits per heavy atom. The molecule has 0 saturated heterocycles. The summed E-state index contributed by atoms with van der Waals surface area (Å²) < 4.78 is 0. The third-order valence-corrected chi connectivity index (χ3v) is 4.55. The van der Waals surface area contributed by atoms with E-state index in [1.54, 1.807) is 0 Å². The smallest absolute Gasteiger partial charge is 0.292 e. The molecule has 2 aliphatic rings. The molecule has 2 rings (SSSR count). The Kier molecular flexibility index (Phi) is 6.80. The van der Waals surface area contributed by atoms with Gasteiger partial charge < -0.3 is 5.53 Å². The standard InChI is InChI=1S/C18H28N2/c19-20-18-14-10-6-5-9-13-17(15-18)16-11-7-3-1-2-4-8-12-16/h11,15H,1-10,12-14H2/b16-11+,17-15+. The molecule has 2 heteroatoms. The van der Waals surface area contributed by atoms with Crippen molar-refractivity contribution in [3.05, 3.63) is 28.8 Å². The Balaban J connectivity index is 2.16. The van der Waals surface area contributed by atoms with Crippen LogP contribution >= 0.6 is 0 Å². The molecular weight excluding hydrogens is 244 g/mol. The molecule has 0 N–H and O–H groups in total. The van der Waals surface area contributed by atoms with E-state index >= 15 is 0 Å². The second-order valence-electron chi connectivity index (χ2n) is 6.21. The van der Waals surface area contributed by atoms with Gasteiger partial charge in [0.2, 0.25) is 0 Å².